The first kappa shape index (κ1) is 8.84. The van der Waals surface area contributed by atoms with Crippen LogP contribution in [0, 0.1) is 0 Å². The van der Waals surface area contributed by atoms with Gasteiger partial charge in [-0.1, -0.05) is 0 Å². The zero-order valence-electron chi connectivity index (χ0n) is 2.30. The van der Waals surface area contributed by atoms with Crippen LogP contribution in [0.25, 0.3) is 0 Å². The maximum atomic E-state index is 8.81. The summed E-state index contributed by atoms with van der Waals surface area (Å²) in [5, 5.41) is 0. The van der Waals surface area contributed by atoms with Gasteiger partial charge >= 0.3 is 0 Å². The second-order valence-corrected chi connectivity index (χ2v) is 0.236. The molecule has 0 unspecified atom stereocenters. The minimum atomic E-state index is 0. The first-order chi connectivity index (χ1) is 1.41. The molecule has 0 aromatic rings. The van der Waals surface area contributed by atoms with Crippen LogP contribution in [0.15, 0.2) is 0 Å². The Morgan fingerprint density at radius 1 is 1.75 bits per heavy atom. The molecule has 0 heterocycles. The van der Waals surface area contributed by atoms with E-state index in [4.69, 9.17) is 4.79 Å². The van der Waals surface area contributed by atoms with E-state index in [9.17, 15) is 0 Å². The Morgan fingerprint density at radius 3 is 1.75 bits per heavy atom. The predicted molar refractivity (Wildman–Crippen MR) is 11.7 cm³/mol. The van der Waals surface area contributed by atoms with Crippen molar-refractivity contribution >= 4 is 6.29 Å². The molecule has 2 heteroatoms. The van der Waals surface area contributed by atoms with Crippen molar-refractivity contribution in [1.82, 2.24) is 0 Å². The van der Waals surface area contributed by atoms with Crippen LogP contribution in [0.1, 0.15) is 6.92 Å². The minimum Gasteiger partial charge on any atom is -0.304 e. The number of carbonyl (C=O) groups is 1. The summed E-state index contributed by atoms with van der Waals surface area (Å²) in [5.41, 5.74) is 0. The summed E-state index contributed by atoms with van der Waals surface area (Å²) in [7, 11) is 0. The standard InChI is InChI=1S/C2H4O.Pt/c1-2-3;/h2H,1H3;. The fourth-order valence-corrected chi connectivity index (χ4v) is 0. The maximum absolute atomic E-state index is 8.81. The van der Waals surface area contributed by atoms with Gasteiger partial charge in [-0.25, -0.2) is 0 Å². The van der Waals surface area contributed by atoms with Gasteiger partial charge in [-0.05, 0) is 6.92 Å². The third-order valence-electron chi connectivity index (χ3n) is 0. The molecule has 0 N–H and O–H groups in total. The van der Waals surface area contributed by atoms with E-state index >= 15 is 0 Å². The molecule has 0 atom stereocenters. The van der Waals surface area contributed by atoms with Gasteiger partial charge in [-0.15, -0.1) is 0 Å². The molecular weight excluding hydrogens is 235 g/mol. The van der Waals surface area contributed by atoms with Gasteiger partial charge in [-0.2, -0.15) is 0 Å². The van der Waals surface area contributed by atoms with Crippen LogP contribution in [0.5, 0.6) is 0 Å². The van der Waals surface area contributed by atoms with Gasteiger partial charge in [0.2, 0.25) is 0 Å². The molecule has 0 aromatic carbocycles. The van der Waals surface area contributed by atoms with Gasteiger partial charge in [0.25, 0.3) is 0 Å². The minimum absolute atomic E-state index is 0. The summed E-state index contributed by atoms with van der Waals surface area (Å²) < 4.78 is 0. The molecule has 0 saturated carbocycles. The van der Waals surface area contributed by atoms with Crippen molar-refractivity contribution < 1.29 is 25.9 Å². The Hall–Kier alpha value is 0.358. The molecule has 1 nitrogen and oxygen atoms in total. The van der Waals surface area contributed by atoms with Gasteiger partial charge in [0.15, 0.2) is 0 Å². The van der Waals surface area contributed by atoms with Crippen LogP contribution in [-0.4, -0.2) is 6.29 Å². The molecule has 0 aliphatic rings. The van der Waals surface area contributed by atoms with E-state index in [2.05, 4.69) is 0 Å². The normalized spacial score (nSPS) is 3.25. The van der Waals surface area contributed by atoms with Gasteiger partial charge in [0.05, 0.1) is 0 Å². The zero-order valence-corrected chi connectivity index (χ0v) is 4.57. The molecule has 0 saturated heterocycles. The average molecular weight is 239 g/mol. The Kier molecular flexibility index (Phi) is 22.4. The summed E-state index contributed by atoms with van der Waals surface area (Å²) >= 11 is 0. The number of aldehydes is 1. The van der Waals surface area contributed by atoms with Crippen molar-refractivity contribution in [3.63, 3.8) is 0 Å². The Morgan fingerprint density at radius 2 is 1.75 bits per heavy atom. The zero-order chi connectivity index (χ0) is 2.71. The molecule has 4 heavy (non-hydrogen) atoms. The largest absolute Gasteiger partial charge is 0.304 e. The number of hydrogen-bond donors (Lipinski definition) is 0. The van der Waals surface area contributed by atoms with Gasteiger partial charge < -0.3 is 4.79 Å². The van der Waals surface area contributed by atoms with Crippen LogP contribution >= 0.6 is 0 Å². The first-order valence-corrected chi connectivity index (χ1v) is 0.813. The number of rotatable bonds is 0. The van der Waals surface area contributed by atoms with E-state index in [0.717, 1.165) is 6.29 Å². The molecule has 0 fully saturated rings. The average Bonchev–Trinajstić information content (AvgIpc) is 0.918. The fraction of sp³-hybridized carbons (Fsp3) is 0.500. The molecule has 28 valence electrons. The molecule has 0 rings (SSSR count). The molecule has 0 radical (unpaired) electrons. The summed E-state index contributed by atoms with van der Waals surface area (Å²) in [5.74, 6) is 0. The van der Waals surface area contributed by atoms with Crippen molar-refractivity contribution in [2.75, 3.05) is 0 Å². The summed E-state index contributed by atoms with van der Waals surface area (Å²) in [4.78, 5) is 8.81. The second kappa shape index (κ2) is 10.1. The maximum Gasteiger partial charge on any atom is 0.116 e. The molecule has 0 aliphatic carbocycles. The molecule has 0 bridgehead atoms. The topological polar surface area (TPSA) is 17.1 Å². The van der Waals surface area contributed by atoms with E-state index in [1.54, 1.807) is 0 Å². The van der Waals surface area contributed by atoms with E-state index in [-0.39, 0.29) is 21.1 Å². The SMILES string of the molecule is CC=O.[Pt]. The molecule has 0 spiro atoms. The Balaban J connectivity index is 0. The van der Waals surface area contributed by atoms with Crippen molar-refractivity contribution in [1.29, 1.82) is 0 Å². The Labute approximate surface area is 39.7 Å². The fourth-order valence-electron chi connectivity index (χ4n) is 0. The van der Waals surface area contributed by atoms with Gasteiger partial charge in [0.1, 0.15) is 6.29 Å². The second-order valence-electron chi connectivity index (χ2n) is 0.236. The van der Waals surface area contributed by atoms with Gasteiger partial charge in [-0.3, -0.25) is 0 Å². The number of carbonyl (C=O) groups excluding carboxylic acids is 1. The number of hydrogen-bond acceptors (Lipinski definition) is 1. The van der Waals surface area contributed by atoms with Crippen molar-refractivity contribution in [3.05, 3.63) is 0 Å². The van der Waals surface area contributed by atoms with E-state index in [1.807, 2.05) is 0 Å². The molecule has 0 aliphatic heterocycles. The summed E-state index contributed by atoms with van der Waals surface area (Å²) in [6, 6.07) is 0. The quantitative estimate of drug-likeness (QED) is 0.552. The van der Waals surface area contributed by atoms with Crippen LogP contribution in [-0.2, 0) is 25.9 Å². The van der Waals surface area contributed by atoms with Crippen LogP contribution in [0.3, 0.4) is 0 Å². The van der Waals surface area contributed by atoms with E-state index in [0.29, 0.717) is 0 Å². The van der Waals surface area contributed by atoms with Crippen LogP contribution < -0.4 is 0 Å². The third kappa shape index (κ3) is 33.9. The van der Waals surface area contributed by atoms with E-state index in [1.165, 1.54) is 6.92 Å². The van der Waals surface area contributed by atoms with E-state index < -0.39 is 0 Å². The summed E-state index contributed by atoms with van der Waals surface area (Å²) in [6.07, 6.45) is 0.750. The molecule has 0 aromatic heterocycles. The van der Waals surface area contributed by atoms with Gasteiger partial charge in [0, 0.05) is 21.1 Å². The molecular formula is C2H4OPt. The van der Waals surface area contributed by atoms with Crippen molar-refractivity contribution in [3.8, 4) is 0 Å². The van der Waals surface area contributed by atoms with Crippen LogP contribution in [0.4, 0.5) is 0 Å². The smallest absolute Gasteiger partial charge is 0.116 e. The molecule has 0 amide bonds. The summed E-state index contributed by atoms with van der Waals surface area (Å²) in [6.45, 7) is 1.44. The monoisotopic (exact) mass is 239 g/mol. The third-order valence-corrected chi connectivity index (χ3v) is 0. The predicted octanol–water partition coefficient (Wildman–Crippen LogP) is 0.203. The van der Waals surface area contributed by atoms with Crippen molar-refractivity contribution in [2.45, 2.75) is 6.92 Å². The van der Waals surface area contributed by atoms with Crippen LogP contribution in [0.2, 0.25) is 0 Å². The Bertz CT molecular complexity index is 13.5. The first-order valence-electron chi connectivity index (χ1n) is 0.813. The van der Waals surface area contributed by atoms with Crippen molar-refractivity contribution in [2.24, 2.45) is 0 Å².